The van der Waals surface area contributed by atoms with Gasteiger partial charge in [-0.1, -0.05) is 5.16 Å². The van der Waals surface area contributed by atoms with Gasteiger partial charge in [-0.15, -0.1) is 0 Å². The number of ether oxygens (including phenoxy) is 1. The Morgan fingerprint density at radius 1 is 1.40 bits per heavy atom. The quantitative estimate of drug-likeness (QED) is 0.621. The molecule has 0 bridgehead atoms. The van der Waals surface area contributed by atoms with Crippen molar-refractivity contribution in [2.75, 3.05) is 20.2 Å². The predicted octanol–water partition coefficient (Wildman–Crippen LogP) is 0.201. The number of rotatable bonds is 2. The molecule has 3 N–H and O–H groups in total. The van der Waals surface area contributed by atoms with E-state index in [1.165, 1.54) is 0 Å². The normalized spacial score (nSPS) is 24.6. The van der Waals surface area contributed by atoms with Crippen LogP contribution in [0, 0.1) is 0 Å². The number of nitrogens with one attached hydrogen (secondary N) is 1. The van der Waals surface area contributed by atoms with Crippen LogP contribution in [0.2, 0.25) is 0 Å². The molecule has 0 saturated carbocycles. The van der Waals surface area contributed by atoms with Gasteiger partial charge in [-0.25, -0.2) is 9.59 Å². The highest BCUT2D eigenvalue weighted by atomic mass is 16.7. The van der Waals surface area contributed by atoms with Gasteiger partial charge in [0.2, 0.25) is 5.90 Å². The van der Waals surface area contributed by atoms with Crippen LogP contribution >= 0.6 is 0 Å². The number of aliphatic carboxylic acids is 2. The van der Waals surface area contributed by atoms with E-state index in [2.05, 4.69) is 10.5 Å². The summed E-state index contributed by atoms with van der Waals surface area (Å²) in [5.74, 6) is -1.79. The van der Waals surface area contributed by atoms with Crippen LogP contribution < -0.4 is 5.32 Å². The first kappa shape index (κ1) is 16.0. The van der Waals surface area contributed by atoms with Crippen molar-refractivity contribution in [1.82, 2.24) is 5.32 Å². The van der Waals surface area contributed by atoms with E-state index in [0.29, 0.717) is 12.2 Å². The monoisotopic (exact) mass is 286 g/mol. The summed E-state index contributed by atoms with van der Waals surface area (Å²) in [5.41, 5.74) is -0.0937. The van der Waals surface area contributed by atoms with Crippen molar-refractivity contribution < 1.29 is 29.4 Å². The first-order chi connectivity index (χ1) is 9.47. The summed E-state index contributed by atoms with van der Waals surface area (Å²) in [6.45, 7) is 1.98. The Morgan fingerprint density at radius 3 is 2.45 bits per heavy atom. The van der Waals surface area contributed by atoms with E-state index in [-0.39, 0.29) is 5.60 Å². The fourth-order valence-electron chi connectivity index (χ4n) is 1.91. The zero-order valence-corrected chi connectivity index (χ0v) is 11.2. The SMILES string of the molecule is COC1=NOC2(CCCNC2)C1.O=C(O)/C=C/C(=O)O. The maximum atomic E-state index is 9.55. The number of carboxylic acid groups (broad SMARTS) is 2. The molecule has 2 aliphatic rings. The first-order valence-electron chi connectivity index (χ1n) is 6.11. The number of hydrogen-bond donors (Lipinski definition) is 3. The molecule has 1 saturated heterocycles. The van der Waals surface area contributed by atoms with Crippen molar-refractivity contribution in [3.63, 3.8) is 0 Å². The molecule has 1 spiro atoms. The standard InChI is InChI=1S/C8H14N2O2.C4H4O4/c1-11-7-5-8(12-10-7)3-2-4-9-6-8;5-3(6)1-2-4(7)8/h9H,2-6H2,1H3;1-2H,(H,5,6)(H,7,8)/b;2-1+. The molecule has 0 aliphatic carbocycles. The molecule has 20 heavy (non-hydrogen) atoms. The lowest BCUT2D eigenvalue weighted by Crippen LogP contribution is -2.45. The van der Waals surface area contributed by atoms with Gasteiger partial charge < -0.3 is 25.1 Å². The van der Waals surface area contributed by atoms with Crippen molar-refractivity contribution in [3.8, 4) is 0 Å². The van der Waals surface area contributed by atoms with Crippen LogP contribution in [0.4, 0.5) is 0 Å². The van der Waals surface area contributed by atoms with Crippen LogP contribution in [0.1, 0.15) is 19.3 Å². The zero-order valence-electron chi connectivity index (χ0n) is 11.2. The average Bonchev–Trinajstić information content (AvgIpc) is 2.81. The van der Waals surface area contributed by atoms with Crippen LogP contribution in [-0.4, -0.2) is 53.8 Å². The molecular weight excluding hydrogens is 268 g/mol. The molecule has 0 radical (unpaired) electrons. The lowest BCUT2D eigenvalue weighted by Gasteiger charge is -2.30. The third kappa shape index (κ3) is 5.27. The minimum Gasteiger partial charge on any atom is -0.482 e. The number of oxime groups is 1. The molecule has 0 aromatic heterocycles. The van der Waals surface area contributed by atoms with E-state index >= 15 is 0 Å². The van der Waals surface area contributed by atoms with Gasteiger partial charge in [0.15, 0.2) is 5.60 Å². The van der Waals surface area contributed by atoms with Gasteiger partial charge in [0.1, 0.15) is 0 Å². The number of carbonyl (C=O) groups is 2. The summed E-state index contributed by atoms with van der Waals surface area (Å²) in [6, 6.07) is 0. The van der Waals surface area contributed by atoms with Gasteiger partial charge in [0, 0.05) is 18.7 Å². The van der Waals surface area contributed by atoms with Crippen LogP contribution in [-0.2, 0) is 19.2 Å². The summed E-state index contributed by atoms with van der Waals surface area (Å²) >= 11 is 0. The number of piperidine rings is 1. The van der Waals surface area contributed by atoms with Gasteiger partial charge in [-0.05, 0) is 19.4 Å². The molecule has 1 fully saturated rings. The smallest absolute Gasteiger partial charge is 0.328 e. The second-order valence-electron chi connectivity index (χ2n) is 4.43. The molecule has 112 valence electrons. The Bertz CT molecular complexity index is 396. The number of nitrogens with zero attached hydrogens (tertiary/aromatic N) is 1. The van der Waals surface area contributed by atoms with E-state index in [1.807, 2.05) is 0 Å². The molecule has 2 aliphatic heterocycles. The highest BCUT2D eigenvalue weighted by Gasteiger charge is 2.40. The lowest BCUT2D eigenvalue weighted by atomic mass is 9.91. The van der Waals surface area contributed by atoms with Gasteiger partial charge in [-0.2, -0.15) is 0 Å². The van der Waals surface area contributed by atoms with E-state index in [4.69, 9.17) is 19.8 Å². The van der Waals surface area contributed by atoms with Crippen LogP contribution in [0.15, 0.2) is 17.3 Å². The molecule has 1 unspecified atom stereocenters. The zero-order chi connectivity index (χ0) is 15.0. The van der Waals surface area contributed by atoms with Gasteiger partial charge in [0.25, 0.3) is 0 Å². The maximum Gasteiger partial charge on any atom is 0.328 e. The Morgan fingerprint density at radius 2 is 2.05 bits per heavy atom. The van der Waals surface area contributed by atoms with Crippen LogP contribution in [0.3, 0.4) is 0 Å². The summed E-state index contributed by atoms with van der Waals surface area (Å²) in [5, 5.41) is 22.8. The Hall–Kier alpha value is -2.09. The second-order valence-corrected chi connectivity index (χ2v) is 4.43. The molecule has 2 rings (SSSR count). The molecule has 8 heteroatoms. The molecule has 2 heterocycles. The van der Waals surface area contributed by atoms with E-state index < -0.39 is 11.9 Å². The molecule has 0 aromatic carbocycles. The highest BCUT2D eigenvalue weighted by molar-refractivity contribution is 5.89. The van der Waals surface area contributed by atoms with E-state index in [0.717, 1.165) is 38.2 Å². The largest absolute Gasteiger partial charge is 0.482 e. The van der Waals surface area contributed by atoms with Gasteiger partial charge in [-0.3, -0.25) is 0 Å². The van der Waals surface area contributed by atoms with Crippen molar-refractivity contribution in [1.29, 1.82) is 0 Å². The van der Waals surface area contributed by atoms with Crippen molar-refractivity contribution in [2.24, 2.45) is 5.16 Å². The van der Waals surface area contributed by atoms with Crippen molar-refractivity contribution in [2.45, 2.75) is 24.9 Å². The third-order valence-electron chi connectivity index (χ3n) is 2.85. The number of methoxy groups -OCH3 is 1. The number of carboxylic acids is 2. The Kier molecular flexibility index (Phi) is 5.98. The molecule has 0 aromatic rings. The minimum atomic E-state index is -1.26. The summed E-state index contributed by atoms with van der Waals surface area (Å²) < 4.78 is 5.04. The predicted molar refractivity (Wildman–Crippen MR) is 69.4 cm³/mol. The average molecular weight is 286 g/mol. The second kappa shape index (κ2) is 7.49. The van der Waals surface area contributed by atoms with E-state index in [9.17, 15) is 9.59 Å². The van der Waals surface area contributed by atoms with Crippen LogP contribution in [0.25, 0.3) is 0 Å². The Balaban J connectivity index is 0.000000221. The van der Waals surface area contributed by atoms with Gasteiger partial charge >= 0.3 is 11.9 Å². The molecule has 8 nitrogen and oxygen atoms in total. The maximum absolute atomic E-state index is 9.55. The third-order valence-corrected chi connectivity index (χ3v) is 2.85. The molecule has 1 atom stereocenters. The molecular formula is C12H18N2O6. The van der Waals surface area contributed by atoms with Crippen LogP contribution in [0.5, 0.6) is 0 Å². The highest BCUT2D eigenvalue weighted by Crippen LogP contribution is 2.30. The number of hydrogen-bond acceptors (Lipinski definition) is 6. The fourth-order valence-corrected chi connectivity index (χ4v) is 1.91. The van der Waals surface area contributed by atoms with Gasteiger partial charge in [0.05, 0.1) is 13.5 Å². The van der Waals surface area contributed by atoms with E-state index in [1.54, 1.807) is 7.11 Å². The summed E-state index contributed by atoms with van der Waals surface area (Å²) in [4.78, 5) is 24.5. The topological polar surface area (TPSA) is 117 Å². The van der Waals surface area contributed by atoms with Crippen molar-refractivity contribution >= 4 is 17.8 Å². The Labute approximate surface area is 116 Å². The summed E-state index contributed by atoms with van der Waals surface area (Å²) in [6.07, 6.45) is 4.17. The minimum absolute atomic E-state index is 0.0937. The summed E-state index contributed by atoms with van der Waals surface area (Å²) in [7, 11) is 1.64. The first-order valence-corrected chi connectivity index (χ1v) is 6.11. The lowest BCUT2D eigenvalue weighted by molar-refractivity contribution is -0.134. The fraction of sp³-hybridized carbons (Fsp3) is 0.583. The van der Waals surface area contributed by atoms with Crippen molar-refractivity contribution in [3.05, 3.63) is 12.2 Å². The molecule has 0 amide bonds.